The molecule has 0 saturated heterocycles. The highest BCUT2D eigenvalue weighted by Crippen LogP contribution is 2.51. The fourth-order valence-electron chi connectivity index (χ4n) is 4.84. The van der Waals surface area contributed by atoms with Crippen LogP contribution < -0.4 is 0 Å². The molecule has 0 unspecified atom stereocenters. The maximum Gasteiger partial charge on any atom is 0.209 e. The summed E-state index contributed by atoms with van der Waals surface area (Å²) in [5.41, 5.74) is 3.80. The first-order chi connectivity index (χ1) is 15.1. The first kappa shape index (κ1) is 17.3. The summed E-state index contributed by atoms with van der Waals surface area (Å²) in [6.45, 7) is 0. The Bertz CT molecular complexity index is 1750. The highest BCUT2D eigenvalue weighted by atomic mass is 32.2. The second-order valence-corrected chi connectivity index (χ2v) is 10.7. The average Bonchev–Trinajstić information content (AvgIpc) is 3.41. The molecule has 7 rings (SSSR count). The van der Waals surface area contributed by atoms with Gasteiger partial charge in [0.2, 0.25) is 9.84 Å². The van der Waals surface area contributed by atoms with Crippen molar-refractivity contribution in [1.29, 1.82) is 0 Å². The van der Waals surface area contributed by atoms with Crippen molar-refractivity contribution in [3.8, 4) is 16.1 Å². The number of rotatable bonds is 1. The molecule has 3 nitrogen and oxygen atoms in total. The van der Waals surface area contributed by atoms with Gasteiger partial charge < -0.3 is 4.57 Å². The van der Waals surface area contributed by atoms with Crippen molar-refractivity contribution in [1.82, 2.24) is 4.57 Å². The van der Waals surface area contributed by atoms with Gasteiger partial charge in [0.1, 0.15) is 0 Å². The minimum atomic E-state index is -3.57. The van der Waals surface area contributed by atoms with E-state index >= 15 is 0 Å². The monoisotopic (exact) mass is 437 g/mol. The fourth-order valence-corrected chi connectivity index (χ4v) is 8.33. The molecule has 5 heteroatoms. The van der Waals surface area contributed by atoms with Crippen LogP contribution in [-0.4, -0.2) is 13.0 Å². The summed E-state index contributed by atoms with van der Waals surface area (Å²) in [6, 6.07) is 30.1. The topological polar surface area (TPSA) is 39.1 Å². The van der Waals surface area contributed by atoms with Crippen molar-refractivity contribution in [3.05, 3.63) is 91.0 Å². The fraction of sp³-hybridized carbons (Fsp3) is 0. The van der Waals surface area contributed by atoms with Gasteiger partial charge >= 0.3 is 0 Å². The van der Waals surface area contributed by atoms with Crippen LogP contribution in [0, 0.1) is 0 Å². The molecular formula is C26H15NO2S2. The molecule has 31 heavy (non-hydrogen) atoms. The Kier molecular flexibility index (Phi) is 3.26. The molecule has 0 saturated carbocycles. The maximum absolute atomic E-state index is 13.6. The van der Waals surface area contributed by atoms with Gasteiger partial charge in [0.15, 0.2) is 0 Å². The summed E-state index contributed by atoms with van der Waals surface area (Å²) in [5, 5.41) is 3.13. The number of aromatic nitrogens is 1. The molecule has 0 radical (unpaired) electrons. The lowest BCUT2D eigenvalue weighted by molar-refractivity contribution is 0.599. The predicted octanol–water partition coefficient (Wildman–Crippen LogP) is 6.81. The number of para-hydroxylation sites is 2. The third-order valence-corrected chi connectivity index (χ3v) is 9.37. The Hall–Kier alpha value is -3.41. The van der Waals surface area contributed by atoms with Crippen LogP contribution >= 0.6 is 11.3 Å². The van der Waals surface area contributed by atoms with E-state index < -0.39 is 9.84 Å². The molecule has 0 amide bonds. The molecule has 0 bridgehead atoms. The van der Waals surface area contributed by atoms with Crippen LogP contribution in [0.25, 0.3) is 48.0 Å². The highest BCUT2D eigenvalue weighted by Gasteiger charge is 2.37. The van der Waals surface area contributed by atoms with Gasteiger partial charge in [0.05, 0.1) is 25.7 Å². The van der Waals surface area contributed by atoms with E-state index in [1.54, 1.807) is 11.3 Å². The zero-order chi connectivity index (χ0) is 20.7. The van der Waals surface area contributed by atoms with Gasteiger partial charge in [-0.05, 0) is 30.3 Å². The minimum absolute atomic E-state index is 0.402. The van der Waals surface area contributed by atoms with Gasteiger partial charge in [0.25, 0.3) is 0 Å². The van der Waals surface area contributed by atoms with E-state index in [0.29, 0.717) is 9.79 Å². The maximum atomic E-state index is 13.6. The van der Waals surface area contributed by atoms with Gasteiger partial charge in [-0.2, -0.15) is 0 Å². The van der Waals surface area contributed by atoms with Gasteiger partial charge in [-0.1, -0.05) is 60.7 Å². The van der Waals surface area contributed by atoms with Crippen molar-refractivity contribution in [2.75, 3.05) is 0 Å². The number of nitrogens with zero attached hydrogens (tertiary/aromatic N) is 1. The van der Waals surface area contributed by atoms with Gasteiger partial charge in [-0.25, -0.2) is 8.42 Å². The summed E-state index contributed by atoms with van der Waals surface area (Å²) in [5.74, 6) is 0. The number of benzene rings is 4. The molecule has 4 aromatic carbocycles. The summed E-state index contributed by atoms with van der Waals surface area (Å²) in [7, 11) is -3.57. The summed E-state index contributed by atoms with van der Waals surface area (Å²) < 4.78 is 30.4. The zero-order valence-corrected chi connectivity index (χ0v) is 17.9. The lowest BCUT2D eigenvalue weighted by Gasteiger charge is -2.10. The highest BCUT2D eigenvalue weighted by molar-refractivity contribution is 7.92. The lowest BCUT2D eigenvalue weighted by atomic mass is 10.1. The summed E-state index contributed by atoms with van der Waals surface area (Å²) in [4.78, 5) is 1.71. The number of sulfone groups is 1. The van der Waals surface area contributed by atoms with E-state index in [0.717, 1.165) is 48.0 Å². The van der Waals surface area contributed by atoms with Crippen molar-refractivity contribution in [2.24, 2.45) is 0 Å². The predicted molar refractivity (Wildman–Crippen MR) is 127 cm³/mol. The van der Waals surface area contributed by atoms with Crippen LogP contribution in [0.3, 0.4) is 0 Å². The van der Waals surface area contributed by atoms with Crippen LogP contribution in [0.1, 0.15) is 0 Å². The number of fused-ring (bicyclic) bond motifs is 8. The van der Waals surface area contributed by atoms with Gasteiger partial charge in [-0.3, -0.25) is 0 Å². The van der Waals surface area contributed by atoms with E-state index in [-0.39, 0.29) is 0 Å². The Labute approximate surface area is 182 Å². The van der Waals surface area contributed by atoms with Crippen molar-refractivity contribution in [2.45, 2.75) is 9.79 Å². The smallest absolute Gasteiger partial charge is 0.209 e. The largest absolute Gasteiger partial charge is 0.309 e. The van der Waals surface area contributed by atoms with E-state index in [4.69, 9.17) is 0 Å². The number of hydrogen-bond donors (Lipinski definition) is 0. The van der Waals surface area contributed by atoms with E-state index in [2.05, 4.69) is 28.8 Å². The number of thiophene rings is 1. The van der Waals surface area contributed by atoms with Crippen LogP contribution in [0.5, 0.6) is 0 Å². The molecule has 3 heterocycles. The Balaban J connectivity index is 1.55. The second kappa shape index (κ2) is 5.84. The van der Waals surface area contributed by atoms with Crippen LogP contribution in [-0.2, 0) is 9.84 Å². The second-order valence-electron chi connectivity index (χ2n) is 7.81. The van der Waals surface area contributed by atoms with Crippen molar-refractivity contribution in [3.63, 3.8) is 0 Å². The summed E-state index contributed by atoms with van der Waals surface area (Å²) >= 11 is 1.55. The third kappa shape index (κ3) is 2.14. The SMILES string of the molecule is O=S1(=O)c2cc(-n3c4ccccc4c4ccccc43)ccc2-c2sc3ccccc3c21. The normalized spacial score (nSPS) is 14.3. The molecule has 2 aromatic heterocycles. The van der Waals surface area contributed by atoms with Crippen LogP contribution in [0.4, 0.5) is 0 Å². The molecule has 0 N–H and O–H groups in total. The van der Waals surface area contributed by atoms with E-state index in [1.165, 1.54) is 0 Å². The molecule has 6 aromatic rings. The first-order valence-electron chi connectivity index (χ1n) is 10.0. The molecule has 1 aliphatic heterocycles. The third-order valence-electron chi connectivity index (χ3n) is 6.16. The van der Waals surface area contributed by atoms with E-state index in [1.807, 2.05) is 66.7 Å². The molecule has 0 spiro atoms. The standard InChI is InChI=1S/C26H15NO2S2/c28-31(29)24-15-16(13-14-20(24)25-26(31)19-9-3-6-12-23(19)30-25)27-21-10-4-1-7-17(21)18-8-2-5-11-22(18)27/h1-15H. The van der Waals surface area contributed by atoms with Crippen molar-refractivity contribution < 1.29 is 8.42 Å². The minimum Gasteiger partial charge on any atom is -0.309 e. The summed E-state index contributed by atoms with van der Waals surface area (Å²) in [6.07, 6.45) is 0. The first-order valence-corrected chi connectivity index (χ1v) is 12.3. The zero-order valence-electron chi connectivity index (χ0n) is 16.2. The number of hydrogen-bond acceptors (Lipinski definition) is 3. The quantitative estimate of drug-likeness (QED) is 0.283. The Morgan fingerprint density at radius 2 is 1.29 bits per heavy atom. The molecule has 0 atom stereocenters. The molecule has 0 fully saturated rings. The van der Waals surface area contributed by atoms with Gasteiger partial charge in [-0.15, -0.1) is 11.3 Å². The lowest BCUT2D eigenvalue weighted by Crippen LogP contribution is -2.00. The average molecular weight is 438 g/mol. The molecule has 148 valence electrons. The van der Waals surface area contributed by atoms with Crippen LogP contribution in [0.2, 0.25) is 0 Å². The molecular weight excluding hydrogens is 422 g/mol. The van der Waals surface area contributed by atoms with Crippen LogP contribution in [0.15, 0.2) is 101 Å². The van der Waals surface area contributed by atoms with E-state index in [9.17, 15) is 8.42 Å². The van der Waals surface area contributed by atoms with Crippen molar-refractivity contribution >= 4 is 53.1 Å². The Morgan fingerprint density at radius 3 is 2.00 bits per heavy atom. The Morgan fingerprint density at radius 1 is 0.677 bits per heavy atom. The molecule has 0 aliphatic carbocycles. The molecule has 1 aliphatic rings. The van der Waals surface area contributed by atoms with Gasteiger partial charge in [0, 0.05) is 32.1 Å².